The molecule has 0 saturated heterocycles. The molecule has 1 N–H and O–H groups in total. The summed E-state index contributed by atoms with van der Waals surface area (Å²) in [5.41, 5.74) is 0. The highest BCUT2D eigenvalue weighted by molar-refractivity contribution is 9.10. The van der Waals surface area contributed by atoms with E-state index in [0.717, 1.165) is 13.0 Å². The highest BCUT2D eigenvalue weighted by atomic mass is 79.9. The van der Waals surface area contributed by atoms with Crippen LogP contribution in [0.5, 0.6) is 0 Å². The van der Waals surface area contributed by atoms with E-state index in [1.807, 2.05) is 7.05 Å². The van der Waals surface area contributed by atoms with E-state index in [4.69, 9.17) is 0 Å². The number of sulfonamides is 1. The number of nitrogens with one attached hydrogen (secondary N) is 1. The zero-order chi connectivity index (χ0) is 14.5. The Kier molecular flexibility index (Phi) is 6.38. The molecule has 0 fully saturated rings. The van der Waals surface area contributed by atoms with Crippen LogP contribution in [0.25, 0.3) is 0 Å². The van der Waals surface area contributed by atoms with Crippen LogP contribution in [0.2, 0.25) is 0 Å². The van der Waals surface area contributed by atoms with Crippen molar-refractivity contribution in [1.29, 1.82) is 0 Å². The van der Waals surface area contributed by atoms with Gasteiger partial charge >= 0.3 is 0 Å². The quantitative estimate of drug-likeness (QED) is 0.763. The molecule has 0 saturated carbocycles. The van der Waals surface area contributed by atoms with Crippen molar-refractivity contribution in [1.82, 2.24) is 14.6 Å². The van der Waals surface area contributed by atoms with E-state index in [2.05, 4.69) is 44.4 Å². The first-order valence-corrected chi connectivity index (χ1v) is 8.41. The van der Waals surface area contributed by atoms with Crippen LogP contribution < -0.4 is 4.72 Å². The second-order valence-electron chi connectivity index (χ2n) is 4.66. The van der Waals surface area contributed by atoms with Crippen LogP contribution >= 0.6 is 15.9 Å². The SMILES string of the molecule is CC(C)N(C)CCCNS(=O)(=O)c1cncc(Br)c1. The van der Waals surface area contributed by atoms with Crippen LogP contribution in [-0.4, -0.2) is 44.5 Å². The summed E-state index contributed by atoms with van der Waals surface area (Å²) in [6.45, 7) is 5.50. The molecule has 0 bridgehead atoms. The van der Waals surface area contributed by atoms with Crippen molar-refractivity contribution in [3.63, 3.8) is 0 Å². The van der Waals surface area contributed by atoms with Gasteiger partial charge in [0.15, 0.2) is 0 Å². The van der Waals surface area contributed by atoms with Gasteiger partial charge in [-0.15, -0.1) is 0 Å². The molecule has 0 aliphatic rings. The lowest BCUT2D eigenvalue weighted by Crippen LogP contribution is -2.31. The van der Waals surface area contributed by atoms with Gasteiger partial charge in [0.05, 0.1) is 0 Å². The van der Waals surface area contributed by atoms with Gasteiger partial charge in [0.1, 0.15) is 4.90 Å². The van der Waals surface area contributed by atoms with Gasteiger partial charge < -0.3 is 4.90 Å². The molecule has 0 radical (unpaired) electrons. The maximum atomic E-state index is 12.0. The van der Waals surface area contributed by atoms with Crippen LogP contribution in [-0.2, 0) is 10.0 Å². The lowest BCUT2D eigenvalue weighted by Gasteiger charge is -2.20. The standard InChI is InChI=1S/C12H20BrN3O2S/c1-10(2)16(3)6-4-5-15-19(17,18)12-7-11(13)8-14-9-12/h7-10,15H,4-6H2,1-3H3. The predicted molar refractivity (Wildman–Crippen MR) is 79.5 cm³/mol. The van der Waals surface area contributed by atoms with Gasteiger partial charge in [0, 0.05) is 29.5 Å². The van der Waals surface area contributed by atoms with E-state index < -0.39 is 10.0 Å². The van der Waals surface area contributed by atoms with Crippen molar-refractivity contribution in [2.75, 3.05) is 20.1 Å². The smallest absolute Gasteiger partial charge is 0.242 e. The average molecular weight is 350 g/mol. The van der Waals surface area contributed by atoms with Gasteiger partial charge in [-0.25, -0.2) is 13.1 Å². The number of hydrogen-bond acceptors (Lipinski definition) is 4. The molecule has 19 heavy (non-hydrogen) atoms. The van der Waals surface area contributed by atoms with Gasteiger partial charge in [-0.05, 0) is 55.9 Å². The summed E-state index contributed by atoms with van der Waals surface area (Å²) in [5.74, 6) is 0. The summed E-state index contributed by atoms with van der Waals surface area (Å²) in [6, 6.07) is 2.00. The van der Waals surface area contributed by atoms with Gasteiger partial charge in [-0.1, -0.05) is 0 Å². The molecule has 0 amide bonds. The van der Waals surface area contributed by atoms with Crippen molar-refractivity contribution >= 4 is 26.0 Å². The fourth-order valence-electron chi connectivity index (χ4n) is 1.42. The van der Waals surface area contributed by atoms with Crippen molar-refractivity contribution in [2.24, 2.45) is 0 Å². The highest BCUT2D eigenvalue weighted by Crippen LogP contribution is 2.13. The van der Waals surface area contributed by atoms with Crippen molar-refractivity contribution in [3.8, 4) is 0 Å². The van der Waals surface area contributed by atoms with Crippen molar-refractivity contribution in [3.05, 3.63) is 22.9 Å². The minimum absolute atomic E-state index is 0.180. The molecular weight excluding hydrogens is 330 g/mol. The summed E-state index contributed by atoms with van der Waals surface area (Å²) in [6.07, 6.45) is 3.67. The third kappa shape index (κ3) is 5.56. The molecule has 7 heteroatoms. The fraction of sp³-hybridized carbons (Fsp3) is 0.583. The van der Waals surface area contributed by atoms with Crippen LogP contribution in [0, 0.1) is 0 Å². The molecule has 108 valence electrons. The van der Waals surface area contributed by atoms with E-state index in [1.165, 1.54) is 12.3 Å². The van der Waals surface area contributed by atoms with Crippen molar-refractivity contribution < 1.29 is 8.42 Å². The Morgan fingerprint density at radius 1 is 1.42 bits per heavy atom. The fourth-order valence-corrected chi connectivity index (χ4v) is 2.99. The molecule has 5 nitrogen and oxygen atoms in total. The summed E-state index contributed by atoms with van der Waals surface area (Å²) in [4.78, 5) is 6.21. The average Bonchev–Trinajstić information content (AvgIpc) is 2.34. The Hall–Kier alpha value is -0.500. The summed E-state index contributed by atoms with van der Waals surface area (Å²) < 4.78 is 27.2. The first kappa shape index (κ1) is 16.6. The number of nitrogens with zero attached hydrogens (tertiary/aromatic N) is 2. The number of hydrogen-bond donors (Lipinski definition) is 1. The molecular formula is C12H20BrN3O2S. The van der Waals surface area contributed by atoms with Gasteiger partial charge in [0.2, 0.25) is 10.0 Å². The van der Waals surface area contributed by atoms with Crippen LogP contribution in [0.15, 0.2) is 27.8 Å². The van der Waals surface area contributed by atoms with E-state index in [9.17, 15) is 8.42 Å². The van der Waals surface area contributed by atoms with Crippen LogP contribution in [0.4, 0.5) is 0 Å². The minimum Gasteiger partial charge on any atom is -0.304 e. The Labute approximate surface area is 123 Å². The molecule has 1 heterocycles. The molecule has 0 aromatic carbocycles. The molecule has 0 unspecified atom stereocenters. The number of rotatable bonds is 7. The Bertz CT molecular complexity index is 505. The zero-order valence-electron chi connectivity index (χ0n) is 11.4. The topological polar surface area (TPSA) is 62.3 Å². The first-order valence-electron chi connectivity index (χ1n) is 6.13. The molecule has 0 aliphatic heterocycles. The summed E-state index contributed by atoms with van der Waals surface area (Å²) in [5, 5.41) is 0. The Morgan fingerprint density at radius 2 is 2.11 bits per heavy atom. The van der Waals surface area contributed by atoms with Crippen LogP contribution in [0.1, 0.15) is 20.3 Å². The monoisotopic (exact) mass is 349 g/mol. The van der Waals surface area contributed by atoms with Crippen molar-refractivity contribution in [2.45, 2.75) is 31.2 Å². The maximum absolute atomic E-state index is 12.0. The molecule has 0 atom stereocenters. The number of pyridine rings is 1. The minimum atomic E-state index is -3.46. The third-order valence-corrected chi connectivity index (χ3v) is 4.71. The van der Waals surface area contributed by atoms with E-state index in [0.29, 0.717) is 17.1 Å². The lowest BCUT2D eigenvalue weighted by molar-refractivity contribution is 0.271. The molecule has 1 aromatic rings. The second-order valence-corrected chi connectivity index (χ2v) is 7.35. The number of aromatic nitrogens is 1. The largest absolute Gasteiger partial charge is 0.304 e. The zero-order valence-corrected chi connectivity index (χ0v) is 13.8. The first-order chi connectivity index (χ1) is 8.83. The van der Waals surface area contributed by atoms with Crippen LogP contribution in [0.3, 0.4) is 0 Å². The molecule has 1 aromatic heterocycles. The van der Waals surface area contributed by atoms with Gasteiger partial charge in [0.25, 0.3) is 0 Å². The normalized spacial score (nSPS) is 12.3. The molecule has 0 spiro atoms. The lowest BCUT2D eigenvalue weighted by atomic mass is 10.3. The third-order valence-electron chi connectivity index (χ3n) is 2.85. The number of halogens is 1. The Morgan fingerprint density at radius 3 is 2.68 bits per heavy atom. The van der Waals surface area contributed by atoms with Gasteiger partial charge in [-0.3, -0.25) is 4.98 Å². The molecule has 1 rings (SSSR count). The Balaban J connectivity index is 2.48. The maximum Gasteiger partial charge on any atom is 0.242 e. The van der Waals surface area contributed by atoms with E-state index >= 15 is 0 Å². The highest BCUT2D eigenvalue weighted by Gasteiger charge is 2.14. The summed E-state index contributed by atoms with van der Waals surface area (Å²) in [7, 11) is -1.44. The van der Waals surface area contributed by atoms with E-state index in [1.54, 1.807) is 6.20 Å². The van der Waals surface area contributed by atoms with E-state index in [-0.39, 0.29) is 4.90 Å². The predicted octanol–water partition coefficient (Wildman–Crippen LogP) is 1.85. The van der Waals surface area contributed by atoms with Gasteiger partial charge in [-0.2, -0.15) is 0 Å². The summed E-state index contributed by atoms with van der Waals surface area (Å²) >= 11 is 3.21. The molecule has 0 aliphatic carbocycles. The second kappa shape index (κ2) is 7.33.